The SMILES string of the molecule is CC(C)Cc1c(C(=O)O)oc2c(F)c(F)ccc12. The van der Waals surface area contributed by atoms with Crippen LogP contribution in [0.1, 0.15) is 30.0 Å². The van der Waals surface area contributed by atoms with Crippen molar-refractivity contribution in [3.63, 3.8) is 0 Å². The number of carboxylic acids is 1. The summed E-state index contributed by atoms with van der Waals surface area (Å²) in [6.45, 7) is 3.81. The van der Waals surface area contributed by atoms with Crippen LogP contribution < -0.4 is 0 Å². The summed E-state index contributed by atoms with van der Waals surface area (Å²) in [5, 5.41) is 9.35. The van der Waals surface area contributed by atoms with Gasteiger partial charge in [0.15, 0.2) is 11.4 Å². The van der Waals surface area contributed by atoms with Crippen LogP contribution in [0.3, 0.4) is 0 Å². The lowest BCUT2D eigenvalue weighted by Gasteiger charge is -2.03. The first-order valence-corrected chi connectivity index (χ1v) is 5.54. The van der Waals surface area contributed by atoms with Crippen molar-refractivity contribution in [3.05, 3.63) is 35.1 Å². The number of fused-ring (bicyclic) bond motifs is 1. The van der Waals surface area contributed by atoms with E-state index < -0.39 is 17.6 Å². The molecule has 1 heterocycles. The molecule has 2 aromatic rings. The van der Waals surface area contributed by atoms with Crippen LogP contribution in [0.2, 0.25) is 0 Å². The van der Waals surface area contributed by atoms with E-state index in [9.17, 15) is 13.6 Å². The molecule has 0 saturated carbocycles. The highest BCUT2D eigenvalue weighted by Gasteiger charge is 2.23. The quantitative estimate of drug-likeness (QED) is 0.910. The van der Waals surface area contributed by atoms with Crippen molar-refractivity contribution in [3.8, 4) is 0 Å². The second kappa shape index (κ2) is 4.40. The molecule has 0 bridgehead atoms. The highest BCUT2D eigenvalue weighted by Crippen LogP contribution is 2.31. The van der Waals surface area contributed by atoms with Crippen molar-refractivity contribution in [2.75, 3.05) is 0 Å². The third-order valence-corrected chi connectivity index (χ3v) is 2.66. The van der Waals surface area contributed by atoms with Crippen LogP contribution >= 0.6 is 0 Å². The lowest BCUT2D eigenvalue weighted by Crippen LogP contribution is -2.02. The van der Waals surface area contributed by atoms with Crippen molar-refractivity contribution in [2.24, 2.45) is 5.92 Å². The smallest absolute Gasteiger partial charge is 0.372 e. The van der Waals surface area contributed by atoms with Gasteiger partial charge in [0, 0.05) is 10.9 Å². The third-order valence-electron chi connectivity index (χ3n) is 2.66. The maximum atomic E-state index is 13.5. The molecule has 1 aromatic carbocycles. The minimum absolute atomic E-state index is 0.178. The fourth-order valence-corrected chi connectivity index (χ4v) is 1.94. The Hall–Kier alpha value is -1.91. The molecule has 0 aliphatic heterocycles. The van der Waals surface area contributed by atoms with Crippen LogP contribution in [-0.2, 0) is 6.42 Å². The number of hydrogen-bond acceptors (Lipinski definition) is 2. The number of carboxylic acid groups (broad SMARTS) is 1. The Morgan fingerprint density at radius 2 is 2.06 bits per heavy atom. The minimum atomic E-state index is -1.28. The molecule has 3 nitrogen and oxygen atoms in total. The monoisotopic (exact) mass is 254 g/mol. The van der Waals surface area contributed by atoms with Crippen LogP contribution in [0.5, 0.6) is 0 Å². The van der Waals surface area contributed by atoms with Gasteiger partial charge in [-0.05, 0) is 24.5 Å². The number of carbonyl (C=O) groups is 1. The molecule has 18 heavy (non-hydrogen) atoms. The molecule has 0 atom stereocenters. The Balaban J connectivity index is 2.75. The van der Waals surface area contributed by atoms with E-state index in [1.165, 1.54) is 6.07 Å². The minimum Gasteiger partial charge on any atom is -0.475 e. The number of halogens is 2. The first-order valence-electron chi connectivity index (χ1n) is 5.54. The number of rotatable bonds is 3. The second-order valence-electron chi connectivity index (χ2n) is 4.55. The first-order chi connectivity index (χ1) is 8.41. The van der Waals surface area contributed by atoms with Crippen molar-refractivity contribution in [2.45, 2.75) is 20.3 Å². The van der Waals surface area contributed by atoms with E-state index in [-0.39, 0.29) is 17.3 Å². The Labute approximate surface area is 102 Å². The Morgan fingerprint density at radius 1 is 1.39 bits per heavy atom. The molecule has 0 amide bonds. The highest BCUT2D eigenvalue weighted by molar-refractivity contribution is 5.95. The molecule has 1 aromatic heterocycles. The average Bonchev–Trinajstić information content (AvgIpc) is 2.63. The van der Waals surface area contributed by atoms with E-state index >= 15 is 0 Å². The van der Waals surface area contributed by atoms with Crippen molar-refractivity contribution >= 4 is 16.9 Å². The second-order valence-corrected chi connectivity index (χ2v) is 4.55. The van der Waals surface area contributed by atoms with Crippen LogP contribution in [0, 0.1) is 17.6 Å². The summed E-state index contributed by atoms with van der Waals surface area (Å²) in [4.78, 5) is 11.1. The fraction of sp³-hybridized carbons (Fsp3) is 0.308. The molecule has 0 aliphatic rings. The van der Waals surface area contributed by atoms with E-state index in [1.54, 1.807) is 0 Å². The predicted molar refractivity (Wildman–Crippen MR) is 61.6 cm³/mol. The first kappa shape index (κ1) is 12.5. The average molecular weight is 254 g/mol. The molecule has 0 fully saturated rings. The zero-order chi connectivity index (χ0) is 13.4. The lowest BCUT2D eigenvalue weighted by atomic mass is 10.00. The van der Waals surface area contributed by atoms with Gasteiger partial charge in [0.05, 0.1) is 0 Å². The van der Waals surface area contributed by atoms with Crippen molar-refractivity contribution in [1.82, 2.24) is 0 Å². The molecular formula is C13H12F2O3. The zero-order valence-corrected chi connectivity index (χ0v) is 9.96. The van der Waals surface area contributed by atoms with Gasteiger partial charge in [0.2, 0.25) is 11.6 Å². The number of furan rings is 1. The molecule has 0 radical (unpaired) electrons. The fourth-order valence-electron chi connectivity index (χ4n) is 1.94. The van der Waals surface area contributed by atoms with Crippen molar-refractivity contribution < 1.29 is 23.1 Å². The topological polar surface area (TPSA) is 50.4 Å². The predicted octanol–water partition coefficient (Wildman–Crippen LogP) is 3.61. The summed E-state index contributed by atoms with van der Waals surface area (Å²) in [5.74, 6) is -3.61. The maximum Gasteiger partial charge on any atom is 0.372 e. The molecule has 2 rings (SSSR count). The van der Waals surface area contributed by atoms with Crippen LogP contribution in [0.25, 0.3) is 11.0 Å². The molecule has 0 spiro atoms. The summed E-state index contributed by atoms with van der Waals surface area (Å²) >= 11 is 0. The molecule has 0 aliphatic carbocycles. The molecular weight excluding hydrogens is 242 g/mol. The number of hydrogen-bond donors (Lipinski definition) is 1. The Morgan fingerprint density at radius 3 is 2.61 bits per heavy atom. The van der Waals surface area contributed by atoms with Gasteiger partial charge in [-0.15, -0.1) is 0 Å². The maximum absolute atomic E-state index is 13.5. The van der Waals surface area contributed by atoms with Gasteiger partial charge >= 0.3 is 5.97 Å². The summed E-state index contributed by atoms with van der Waals surface area (Å²) in [7, 11) is 0. The van der Waals surface area contributed by atoms with Crippen molar-refractivity contribution in [1.29, 1.82) is 0 Å². The summed E-state index contributed by atoms with van der Waals surface area (Å²) in [6.07, 6.45) is 0.430. The number of benzene rings is 1. The lowest BCUT2D eigenvalue weighted by molar-refractivity contribution is 0.0663. The van der Waals surface area contributed by atoms with Crippen LogP contribution in [-0.4, -0.2) is 11.1 Å². The third kappa shape index (κ3) is 1.96. The summed E-state index contributed by atoms with van der Waals surface area (Å²) in [5.41, 5.74) is 0.0782. The van der Waals surface area contributed by atoms with E-state index in [1.807, 2.05) is 13.8 Å². The van der Waals surface area contributed by atoms with Gasteiger partial charge in [-0.25, -0.2) is 9.18 Å². The van der Waals surface area contributed by atoms with E-state index in [0.717, 1.165) is 6.07 Å². The molecule has 0 unspecified atom stereocenters. The Kier molecular flexibility index (Phi) is 3.07. The van der Waals surface area contributed by atoms with E-state index in [0.29, 0.717) is 17.4 Å². The molecule has 5 heteroatoms. The van der Waals surface area contributed by atoms with Gasteiger partial charge in [-0.3, -0.25) is 0 Å². The van der Waals surface area contributed by atoms with Gasteiger partial charge in [0.25, 0.3) is 0 Å². The molecule has 0 saturated heterocycles. The van der Waals surface area contributed by atoms with Gasteiger partial charge < -0.3 is 9.52 Å². The summed E-state index contributed by atoms with van der Waals surface area (Å²) < 4.78 is 31.6. The normalized spacial score (nSPS) is 11.4. The van der Waals surface area contributed by atoms with Crippen LogP contribution in [0.15, 0.2) is 16.5 Å². The van der Waals surface area contributed by atoms with E-state index in [4.69, 9.17) is 9.52 Å². The van der Waals surface area contributed by atoms with Gasteiger partial charge in [0.1, 0.15) is 0 Å². The standard InChI is InChI=1S/C13H12F2O3/c1-6(2)5-8-7-3-4-9(14)10(15)11(7)18-12(8)13(16)17/h3-4,6H,5H2,1-2H3,(H,16,17). The Bertz CT molecular complexity index is 614. The molecule has 96 valence electrons. The van der Waals surface area contributed by atoms with Crippen LogP contribution in [0.4, 0.5) is 8.78 Å². The number of aromatic carboxylic acids is 1. The van der Waals surface area contributed by atoms with Gasteiger partial charge in [-0.2, -0.15) is 4.39 Å². The molecule has 1 N–H and O–H groups in total. The largest absolute Gasteiger partial charge is 0.475 e. The zero-order valence-electron chi connectivity index (χ0n) is 9.96. The van der Waals surface area contributed by atoms with Gasteiger partial charge in [-0.1, -0.05) is 13.8 Å². The highest BCUT2D eigenvalue weighted by atomic mass is 19.2. The van der Waals surface area contributed by atoms with E-state index in [2.05, 4.69) is 0 Å². The summed E-state index contributed by atoms with van der Waals surface area (Å²) in [6, 6.07) is 2.32.